The molecule has 0 amide bonds. The van der Waals surface area contributed by atoms with Crippen molar-refractivity contribution >= 4 is 23.0 Å². The van der Waals surface area contributed by atoms with Gasteiger partial charge in [0.1, 0.15) is 0 Å². The molecule has 0 saturated carbocycles. The zero-order chi connectivity index (χ0) is 22.2. The summed E-state index contributed by atoms with van der Waals surface area (Å²) in [6.07, 6.45) is 2.46. The van der Waals surface area contributed by atoms with Gasteiger partial charge in [0.15, 0.2) is 0 Å². The first kappa shape index (κ1) is 22.6. The maximum absolute atomic E-state index is 12.0. The number of ether oxygens (including phenoxy) is 1. The van der Waals surface area contributed by atoms with Gasteiger partial charge in [0, 0.05) is 17.1 Å². The lowest BCUT2D eigenvalue weighted by Gasteiger charge is -2.28. The Morgan fingerprint density at radius 3 is 1.97 bits per heavy atom. The maximum Gasteiger partial charge on any atom is 0.308 e. The van der Waals surface area contributed by atoms with Gasteiger partial charge < -0.3 is 9.64 Å². The molecule has 0 aliphatic rings. The first-order chi connectivity index (χ1) is 15.0. The van der Waals surface area contributed by atoms with Crippen molar-refractivity contribution in [2.45, 2.75) is 47.0 Å². The van der Waals surface area contributed by atoms with Gasteiger partial charge in [0.05, 0.1) is 12.5 Å². The van der Waals surface area contributed by atoms with E-state index in [2.05, 4.69) is 91.5 Å². The van der Waals surface area contributed by atoms with E-state index in [1.165, 1.54) is 16.7 Å². The molecule has 0 heterocycles. The van der Waals surface area contributed by atoms with Crippen LogP contribution in [0.1, 0.15) is 43.4 Å². The van der Waals surface area contributed by atoms with Gasteiger partial charge >= 0.3 is 5.97 Å². The van der Waals surface area contributed by atoms with Crippen molar-refractivity contribution in [3.05, 3.63) is 89.5 Å². The third-order valence-corrected chi connectivity index (χ3v) is 5.67. The molecular formula is C28H33NO2. The number of para-hydroxylation sites is 1. The summed E-state index contributed by atoms with van der Waals surface area (Å²) in [4.78, 5) is 14.3. The van der Waals surface area contributed by atoms with E-state index in [0.29, 0.717) is 6.61 Å². The fourth-order valence-corrected chi connectivity index (χ4v) is 3.50. The zero-order valence-electron chi connectivity index (χ0n) is 19.1. The third-order valence-electron chi connectivity index (χ3n) is 5.67. The van der Waals surface area contributed by atoms with E-state index in [1.54, 1.807) is 0 Å². The summed E-state index contributed by atoms with van der Waals surface area (Å²) in [6.45, 7) is 8.58. The Kier molecular flexibility index (Phi) is 7.88. The second-order valence-electron chi connectivity index (χ2n) is 8.22. The monoisotopic (exact) mass is 415 g/mol. The van der Waals surface area contributed by atoms with Crippen LogP contribution in [0.5, 0.6) is 0 Å². The number of nitrogens with zero attached hydrogens (tertiary/aromatic N) is 1. The van der Waals surface area contributed by atoms with E-state index in [4.69, 9.17) is 4.74 Å². The zero-order valence-corrected chi connectivity index (χ0v) is 19.1. The van der Waals surface area contributed by atoms with Crippen molar-refractivity contribution in [1.29, 1.82) is 0 Å². The number of hydrogen-bond acceptors (Lipinski definition) is 3. The number of hydrogen-bond donors (Lipinski definition) is 0. The molecule has 0 aromatic heterocycles. The number of benzene rings is 3. The van der Waals surface area contributed by atoms with E-state index in [-0.39, 0.29) is 11.9 Å². The predicted molar refractivity (Wildman–Crippen MR) is 129 cm³/mol. The number of carbonyl (C=O) groups excluding carboxylic acids is 1. The normalized spacial score (nSPS) is 11.7. The fraction of sp³-hybridized carbons (Fsp3) is 0.321. The molecule has 0 saturated heterocycles. The number of aryl methyl sites for hydroxylation is 3. The molecule has 0 bridgehead atoms. The highest BCUT2D eigenvalue weighted by molar-refractivity contribution is 5.78. The Bertz CT molecular complexity index is 931. The van der Waals surface area contributed by atoms with Crippen LogP contribution >= 0.6 is 0 Å². The molecule has 0 spiro atoms. The van der Waals surface area contributed by atoms with Crippen LogP contribution < -0.4 is 4.90 Å². The molecule has 3 aromatic carbocycles. The molecule has 1 unspecified atom stereocenters. The fourth-order valence-electron chi connectivity index (χ4n) is 3.50. The number of anilines is 3. The van der Waals surface area contributed by atoms with Crippen molar-refractivity contribution in [1.82, 2.24) is 0 Å². The quantitative estimate of drug-likeness (QED) is 0.271. The average Bonchev–Trinajstić information content (AvgIpc) is 2.79. The molecular weight excluding hydrogens is 382 g/mol. The van der Waals surface area contributed by atoms with Crippen LogP contribution in [-0.4, -0.2) is 12.6 Å². The van der Waals surface area contributed by atoms with Crippen molar-refractivity contribution in [3.8, 4) is 0 Å². The van der Waals surface area contributed by atoms with Crippen LogP contribution in [-0.2, 0) is 16.0 Å². The summed E-state index contributed by atoms with van der Waals surface area (Å²) >= 11 is 0. The molecule has 0 radical (unpaired) electrons. The Labute approximate surface area is 186 Å². The lowest BCUT2D eigenvalue weighted by molar-refractivity contribution is -0.148. The molecule has 0 N–H and O–H groups in total. The minimum absolute atomic E-state index is 0.0362. The highest BCUT2D eigenvalue weighted by Crippen LogP contribution is 2.37. The van der Waals surface area contributed by atoms with Crippen molar-refractivity contribution < 1.29 is 9.53 Å². The Hall–Kier alpha value is -3.07. The largest absolute Gasteiger partial charge is 0.465 e. The van der Waals surface area contributed by atoms with E-state index in [9.17, 15) is 4.79 Å². The van der Waals surface area contributed by atoms with E-state index < -0.39 is 0 Å². The molecule has 0 aliphatic carbocycles. The van der Waals surface area contributed by atoms with Gasteiger partial charge in [-0.1, -0.05) is 67.4 Å². The van der Waals surface area contributed by atoms with Crippen LogP contribution in [0.25, 0.3) is 0 Å². The summed E-state index contributed by atoms with van der Waals surface area (Å²) in [6, 6.07) is 25.7. The lowest BCUT2D eigenvalue weighted by Crippen LogP contribution is -2.15. The van der Waals surface area contributed by atoms with Crippen molar-refractivity contribution in [3.63, 3.8) is 0 Å². The van der Waals surface area contributed by atoms with Crippen molar-refractivity contribution in [2.75, 3.05) is 11.5 Å². The highest BCUT2D eigenvalue weighted by atomic mass is 16.5. The van der Waals surface area contributed by atoms with Gasteiger partial charge in [-0.25, -0.2) is 0 Å². The highest BCUT2D eigenvalue weighted by Gasteiger charge is 2.16. The van der Waals surface area contributed by atoms with Gasteiger partial charge in [0.2, 0.25) is 0 Å². The molecule has 3 aromatic rings. The Morgan fingerprint density at radius 1 is 0.871 bits per heavy atom. The van der Waals surface area contributed by atoms with E-state index in [1.807, 2.05) is 13.8 Å². The summed E-state index contributed by atoms with van der Waals surface area (Å²) in [5, 5.41) is 0. The molecule has 31 heavy (non-hydrogen) atoms. The first-order valence-electron chi connectivity index (χ1n) is 11.2. The second-order valence-corrected chi connectivity index (χ2v) is 8.22. The molecule has 0 aliphatic heterocycles. The van der Waals surface area contributed by atoms with Crippen LogP contribution in [0.2, 0.25) is 0 Å². The Morgan fingerprint density at radius 2 is 1.42 bits per heavy atom. The lowest BCUT2D eigenvalue weighted by atomic mass is 10.0. The second kappa shape index (κ2) is 10.8. The van der Waals surface area contributed by atoms with E-state index >= 15 is 0 Å². The standard InChI is InChI=1S/C28H33NO2/c1-5-23(4)28(30)31-20-8-10-24-9-6-7-11-27(24)29(25-16-12-21(2)13-17-25)26-18-14-22(3)15-19-26/h6-7,9,11-19,23H,5,8,10,20H2,1-4H3. The van der Waals surface area contributed by atoms with Crippen LogP contribution in [0, 0.1) is 19.8 Å². The topological polar surface area (TPSA) is 29.5 Å². The minimum atomic E-state index is -0.100. The van der Waals surface area contributed by atoms with Gasteiger partial charge in [-0.3, -0.25) is 4.79 Å². The Balaban J connectivity index is 1.85. The molecule has 0 fully saturated rings. The first-order valence-corrected chi connectivity index (χ1v) is 11.2. The van der Waals surface area contributed by atoms with Crippen molar-refractivity contribution in [2.24, 2.45) is 5.92 Å². The number of carbonyl (C=O) groups is 1. The number of rotatable bonds is 9. The SMILES string of the molecule is CCC(C)C(=O)OCCCc1ccccc1N(c1ccc(C)cc1)c1ccc(C)cc1. The van der Waals surface area contributed by atoms with E-state index in [0.717, 1.165) is 36.3 Å². The predicted octanol–water partition coefficient (Wildman–Crippen LogP) is 7.30. The van der Waals surface area contributed by atoms with Gasteiger partial charge in [-0.15, -0.1) is 0 Å². The third kappa shape index (κ3) is 5.97. The smallest absolute Gasteiger partial charge is 0.308 e. The summed E-state index contributed by atoms with van der Waals surface area (Å²) in [5.74, 6) is -0.137. The van der Waals surface area contributed by atoms with Crippen LogP contribution in [0.15, 0.2) is 72.8 Å². The van der Waals surface area contributed by atoms with Gasteiger partial charge in [-0.05, 0) is 69.0 Å². The molecule has 3 nitrogen and oxygen atoms in total. The molecule has 3 heteroatoms. The summed E-state index contributed by atoms with van der Waals surface area (Å²) < 4.78 is 5.46. The van der Waals surface area contributed by atoms with Gasteiger partial charge in [0.25, 0.3) is 0 Å². The average molecular weight is 416 g/mol. The summed E-state index contributed by atoms with van der Waals surface area (Å²) in [7, 11) is 0. The van der Waals surface area contributed by atoms with Crippen LogP contribution in [0.3, 0.4) is 0 Å². The molecule has 3 rings (SSSR count). The van der Waals surface area contributed by atoms with Gasteiger partial charge in [-0.2, -0.15) is 0 Å². The molecule has 1 atom stereocenters. The summed E-state index contributed by atoms with van der Waals surface area (Å²) in [5.41, 5.74) is 7.13. The number of esters is 1. The molecule has 162 valence electrons. The maximum atomic E-state index is 12.0. The minimum Gasteiger partial charge on any atom is -0.465 e. The van der Waals surface area contributed by atoms with Crippen LogP contribution in [0.4, 0.5) is 17.1 Å².